The van der Waals surface area contributed by atoms with Gasteiger partial charge in [-0.2, -0.15) is 4.31 Å². The van der Waals surface area contributed by atoms with Crippen LogP contribution in [0.4, 0.5) is 0 Å². The van der Waals surface area contributed by atoms with Crippen molar-refractivity contribution in [1.82, 2.24) is 4.31 Å². The average molecular weight is 314 g/mol. The Hall–Kier alpha value is -0.990. The van der Waals surface area contributed by atoms with E-state index in [9.17, 15) is 13.5 Å². The summed E-state index contributed by atoms with van der Waals surface area (Å²) in [7, 11) is -3.58. The molecule has 3 N–H and O–H groups in total. The van der Waals surface area contributed by atoms with E-state index in [1.165, 1.54) is 4.31 Å². The molecule has 0 radical (unpaired) electrons. The second kappa shape index (κ2) is 6.41. The van der Waals surface area contributed by atoms with Crippen molar-refractivity contribution in [3.05, 3.63) is 29.8 Å². The Balaban J connectivity index is 2.24. The predicted molar refractivity (Wildman–Crippen MR) is 79.2 cm³/mol. The van der Waals surface area contributed by atoms with Crippen LogP contribution in [0.1, 0.15) is 25.5 Å². The van der Waals surface area contributed by atoms with Crippen molar-refractivity contribution in [1.29, 1.82) is 0 Å². The molecule has 1 heterocycles. The van der Waals surface area contributed by atoms with Gasteiger partial charge >= 0.3 is 0 Å². The molecule has 1 aromatic rings. The number of rotatable bonds is 4. The number of morpholine rings is 1. The molecule has 0 spiro atoms. The molecule has 0 saturated carbocycles. The topological polar surface area (TPSA) is 92.9 Å². The molecule has 21 heavy (non-hydrogen) atoms. The minimum absolute atomic E-state index is 0.135. The lowest BCUT2D eigenvalue weighted by atomic mass is 10.1. The Kier molecular flexibility index (Phi) is 5.00. The fourth-order valence-electron chi connectivity index (χ4n) is 2.39. The highest BCUT2D eigenvalue weighted by molar-refractivity contribution is 7.89. The smallest absolute Gasteiger partial charge is 0.243 e. The molecule has 118 valence electrons. The van der Waals surface area contributed by atoms with Gasteiger partial charge in [-0.15, -0.1) is 0 Å². The Morgan fingerprint density at radius 1 is 1.38 bits per heavy atom. The number of nitrogens with two attached hydrogens (primary N) is 1. The van der Waals surface area contributed by atoms with Crippen molar-refractivity contribution >= 4 is 10.0 Å². The molecule has 0 aromatic heterocycles. The maximum Gasteiger partial charge on any atom is 0.243 e. The third-order valence-electron chi connectivity index (χ3n) is 3.54. The van der Waals surface area contributed by atoms with E-state index in [2.05, 4.69) is 0 Å². The van der Waals surface area contributed by atoms with Crippen LogP contribution in [0, 0.1) is 0 Å². The maximum absolute atomic E-state index is 12.6. The summed E-state index contributed by atoms with van der Waals surface area (Å²) >= 11 is 0. The first kappa shape index (κ1) is 16.4. The van der Waals surface area contributed by atoms with Crippen LogP contribution in [0.3, 0.4) is 0 Å². The summed E-state index contributed by atoms with van der Waals surface area (Å²) in [5.74, 6) is 0. The summed E-state index contributed by atoms with van der Waals surface area (Å²) in [4.78, 5) is 0.234. The molecule has 1 fully saturated rings. The second-order valence-electron chi connectivity index (χ2n) is 5.43. The minimum Gasteiger partial charge on any atom is -0.394 e. The van der Waals surface area contributed by atoms with Crippen LogP contribution in [-0.4, -0.2) is 49.7 Å². The van der Waals surface area contributed by atoms with Gasteiger partial charge in [0.15, 0.2) is 0 Å². The van der Waals surface area contributed by atoms with Gasteiger partial charge in [-0.25, -0.2) is 8.42 Å². The first-order valence-corrected chi connectivity index (χ1v) is 8.40. The van der Waals surface area contributed by atoms with Gasteiger partial charge in [-0.3, -0.25) is 0 Å². The van der Waals surface area contributed by atoms with Gasteiger partial charge in [0.05, 0.1) is 23.7 Å². The van der Waals surface area contributed by atoms with Gasteiger partial charge in [-0.05, 0) is 31.5 Å². The molecule has 7 heteroatoms. The fraction of sp³-hybridized carbons (Fsp3) is 0.571. The van der Waals surface area contributed by atoms with Crippen LogP contribution in [0.5, 0.6) is 0 Å². The van der Waals surface area contributed by atoms with Crippen LogP contribution >= 0.6 is 0 Å². The summed E-state index contributed by atoms with van der Waals surface area (Å²) in [6, 6.07) is 6.46. The summed E-state index contributed by atoms with van der Waals surface area (Å²) in [5.41, 5.74) is 6.65. The molecule has 0 bridgehead atoms. The monoisotopic (exact) mass is 314 g/mol. The number of aliphatic hydroxyl groups excluding tert-OH is 1. The fourth-order valence-corrected chi connectivity index (χ4v) is 3.94. The van der Waals surface area contributed by atoms with E-state index in [-0.39, 0.29) is 36.7 Å². The standard InChI is InChI=1S/C14H22N2O4S/c1-10-7-16(8-13(9-17)20-10)21(18,19)14-5-3-12(4-6-14)11(2)15/h3-6,10-11,13,17H,7-9,15H2,1-2H3. The van der Waals surface area contributed by atoms with E-state index >= 15 is 0 Å². The Labute approximate surface area is 125 Å². The molecule has 0 amide bonds. The molecule has 1 aliphatic heterocycles. The van der Waals surface area contributed by atoms with Crippen molar-refractivity contribution in [2.45, 2.75) is 37.0 Å². The Bertz CT molecular complexity index is 571. The van der Waals surface area contributed by atoms with Gasteiger partial charge in [0.25, 0.3) is 0 Å². The highest BCUT2D eigenvalue weighted by Gasteiger charge is 2.33. The largest absolute Gasteiger partial charge is 0.394 e. The maximum atomic E-state index is 12.6. The molecule has 0 aliphatic carbocycles. The lowest BCUT2D eigenvalue weighted by molar-refractivity contribution is -0.0750. The van der Waals surface area contributed by atoms with Crippen molar-refractivity contribution in [2.75, 3.05) is 19.7 Å². The van der Waals surface area contributed by atoms with Gasteiger partial charge in [0, 0.05) is 19.1 Å². The SMILES string of the molecule is CC1CN(S(=O)(=O)c2ccc(C(C)N)cc2)CC(CO)O1. The van der Waals surface area contributed by atoms with E-state index in [4.69, 9.17) is 10.5 Å². The number of ether oxygens (including phenoxy) is 1. The highest BCUT2D eigenvalue weighted by atomic mass is 32.2. The molecule has 3 atom stereocenters. The molecule has 1 aromatic carbocycles. The zero-order chi connectivity index (χ0) is 15.6. The van der Waals surface area contributed by atoms with Gasteiger partial charge < -0.3 is 15.6 Å². The average Bonchev–Trinajstić information content (AvgIpc) is 2.46. The van der Waals surface area contributed by atoms with Crippen molar-refractivity contribution < 1.29 is 18.3 Å². The van der Waals surface area contributed by atoms with Crippen LogP contribution in [0.15, 0.2) is 29.2 Å². The zero-order valence-electron chi connectivity index (χ0n) is 12.3. The zero-order valence-corrected chi connectivity index (χ0v) is 13.1. The summed E-state index contributed by atoms with van der Waals surface area (Å²) in [6.45, 7) is 3.90. The van der Waals surface area contributed by atoms with Crippen molar-refractivity contribution in [3.63, 3.8) is 0 Å². The van der Waals surface area contributed by atoms with Crippen LogP contribution in [0.2, 0.25) is 0 Å². The molecule has 3 unspecified atom stereocenters. The lowest BCUT2D eigenvalue weighted by Gasteiger charge is -2.35. The normalized spacial score (nSPS) is 25.7. The summed E-state index contributed by atoms with van der Waals surface area (Å²) in [6.07, 6.45) is -0.721. The first-order valence-electron chi connectivity index (χ1n) is 6.96. The lowest BCUT2D eigenvalue weighted by Crippen LogP contribution is -2.50. The number of nitrogens with zero attached hydrogens (tertiary/aromatic N) is 1. The van der Waals surface area contributed by atoms with E-state index in [1.54, 1.807) is 31.2 Å². The third-order valence-corrected chi connectivity index (χ3v) is 5.39. The molecule has 1 saturated heterocycles. The van der Waals surface area contributed by atoms with Crippen molar-refractivity contribution in [3.8, 4) is 0 Å². The van der Waals surface area contributed by atoms with E-state index < -0.39 is 16.1 Å². The van der Waals surface area contributed by atoms with Crippen LogP contribution < -0.4 is 5.73 Å². The Morgan fingerprint density at radius 3 is 2.52 bits per heavy atom. The Morgan fingerprint density at radius 2 is 2.00 bits per heavy atom. The van der Waals surface area contributed by atoms with E-state index in [0.29, 0.717) is 0 Å². The third kappa shape index (κ3) is 3.61. The van der Waals surface area contributed by atoms with E-state index in [0.717, 1.165) is 5.56 Å². The van der Waals surface area contributed by atoms with Gasteiger partial charge in [0.1, 0.15) is 0 Å². The van der Waals surface area contributed by atoms with E-state index in [1.807, 2.05) is 6.92 Å². The van der Waals surface area contributed by atoms with Gasteiger partial charge in [0.2, 0.25) is 10.0 Å². The number of hydrogen-bond acceptors (Lipinski definition) is 5. The summed E-state index contributed by atoms with van der Waals surface area (Å²) in [5, 5.41) is 9.20. The molecular formula is C14H22N2O4S. The predicted octanol–water partition coefficient (Wildman–Crippen LogP) is 0.477. The number of benzene rings is 1. The molecule has 1 aliphatic rings. The number of aliphatic hydroxyl groups is 1. The molecular weight excluding hydrogens is 292 g/mol. The molecule has 2 rings (SSSR count). The van der Waals surface area contributed by atoms with Crippen LogP contribution in [-0.2, 0) is 14.8 Å². The first-order chi connectivity index (χ1) is 9.84. The summed E-state index contributed by atoms with van der Waals surface area (Å²) < 4.78 is 32.1. The van der Waals surface area contributed by atoms with Crippen molar-refractivity contribution in [2.24, 2.45) is 5.73 Å². The minimum atomic E-state index is -3.58. The van der Waals surface area contributed by atoms with Crippen LogP contribution in [0.25, 0.3) is 0 Å². The molecule has 6 nitrogen and oxygen atoms in total. The second-order valence-corrected chi connectivity index (χ2v) is 7.37. The quantitative estimate of drug-likeness (QED) is 0.843. The number of hydrogen-bond donors (Lipinski definition) is 2. The van der Waals surface area contributed by atoms with Gasteiger partial charge in [-0.1, -0.05) is 12.1 Å². The number of sulfonamides is 1. The highest BCUT2D eigenvalue weighted by Crippen LogP contribution is 2.22.